The average Bonchev–Trinajstić information content (AvgIpc) is 3.53. The first-order chi connectivity index (χ1) is 16.9. The molecule has 1 heterocycles. The fraction of sp³-hybridized carbons (Fsp3) is 0.471. The molecule has 0 spiro atoms. The molecule has 3 aromatic rings. The van der Waals surface area contributed by atoms with Crippen molar-refractivity contribution in [2.45, 2.75) is 64.7 Å². The van der Waals surface area contributed by atoms with E-state index in [0.717, 1.165) is 24.2 Å². The molecule has 0 amide bonds. The number of nitrogens with zero attached hydrogens (tertiary/aromatic N) is 1. The van der Waals surface area contributed by atoms with E-state index in [1.165, 1.54) is 66.2 Å². The highest BCUT2D eigenvalue weighted by molar-refractivity contribution is 5.97. The van der Waals surface area contributed by atoms with Crippen LogP contribution >= 0.6 is 0 Å². The quantitative estimate of drug-likeness (QED) is 0.369. The fourth-order valence-corrected chi connectivity index (χ4v) is 9.90. The number of aromatic nitrogens is 1. The SMILES string of the molecule is Cn1c2c(c3ccccc31)C(C(C)(C)C1=CC(C34CC5CC(CC(C5)C3)C4)=CC1)c1ccccc1-2. The first kappa shape index (κ1) is 20.6. The molecule has 1 nitrogen and oxygen atoms in total. The Kier molecular flexibility index (Phi) is 4.02. The van der Waals surface area contributed by atoms with Crippen LogP contribution in [0.5, 0.6) is 0 Å². The summed E-state index contributed by atoms with van der Waals surface area (Å²) >= 11 is 0. The molecule has 4 saturated carbocycles. The molecule has 1 atom stereocenters. The average molecular weight is 460 g/mol. The number of hydrogen-bond donors (Lipinski definition) is 0. The van der Waals surface area contributed by atoms with E-state index >= 15 is 0 Å². The molecular weight excluding hydrogens is 422 g/mol. The van der Waals surface area contributed by atoms with Crippen molar-refractivity contribution < 1.29 is 0 Å². The van der Waals surface area contributed by atoms with E-state index in [-0.39, 0.29) is 5.41 Å². The summed E-state index contributed by atoms with van der Waals surface area (Å²) in [4.78, 5) is 0. The molecule has 0 saturated heterocycles. The number of hydrogen-bond acceptors (Lipinski definition) is 0. The highest BCUT2D eigenvalue weighted by atomic mass is 15.0. The Morgan fingerprint density at radius 1 is 0.857 bits per heavy atom. The van der Waals surface area contributed by atoms with Crippen molar-refractivity contribution in [3.63, 3.8) is 0 Å². The Labute approximate surface area is 209 Å². The van der Waals surface area contributed by atoms with E-state index in [1.54, 1.807) is 16.7 Å². The van der Waals surface area contributed by atoms with Gasteiger partial charge >= 0.3 is 0 Å². The van der Waals surface area contributed by atoms with Gasteiger partial charge in [0.15, 0.2) is 0 Å². The van der Waals surface area contributed by atoms with E-state index in [4.69, 9.17) is 0 Å². The van der Waals surface area contributed by atoms with Crippen LogP contribution in [0.15, 0.2) is 71.8 Å². The molecule has 4 bridgehead atoms. The third-order valence-corrected chi connectivity index (χ3v) is 11.0. The van der Waals surface area contributed by atoms with E-state index in [0.29, 0.717) is 11.3 Å². The Morgan fingerprint density at radius 3 is 2.26 bits per heavy atom. The summed E-state index contributed by atoms with van der Waals surface area (Å²) in [6.07, 6.45) is 15.5. The van der Waals surface area contributed by atoms with Crippen LogP contribution in [0, 0.1) is 28.6 Å². The molecule has 6 aliphatic carbocycles. The van der Waals surface area contributed by atoms with Crippen LogP contribution in [0.25, 0.3) is 22.2 Å². The Bertz CT molecular complexity index is 1410. The summed E-state index contributed by atoms with van der Waals surface area (Å²) in [5.41, 5.74) is 11.3. The standard InChI is InChI=1S/C34H37N/c1-33(2,24-12-13-25(17-24)34-18-21-14-22(19-34)16-23(15-21)20-34)31-26-8-4-5-9-27(26)32-30(31)28-10-6-7-11-29(28)35(32)3/h4-11,13,17,21-23,31H,12,14-16,18-20H2,1-3H3. The third-order valence-electron chi connectivity index (χ3n) is 11.0. The van der Waals surface area contributed by atoms with Crippen LogP contribution in [-0.4, -0.2) is 4.57 Å². The summed E-state index contributed by atoms with van der Waals surface area (Å²) in [5, 5.41) is 1.44. The van der Waals surface area contributed by atoms with Gasteiger partial charge in [0.1, 0.15) is 0 Å². The molecule has 9 rings (SSSR count). The van der Waals surface area contributed by atoms with Crippen molar-refractivity contribution >= 4 is 10.9 Å². The molecule has 4 fully saturated rings. The fourth-order valence-electron chi connectivity index (χ4n) is 9.90. The van der Waals surface area contributed by atoms with Gasteiger partial charge in [0.2, 0.25) is 0 Å². The molecule has 2 aromatic carbocycles. The smallest absolute Gasteiger partial charge is 0.0530 e. The number of aryl methyl sites for hydroxylation is 1. The highest BCUT2D eigenvalue weighted by Gasteiger charge is 2.53. The van der Waals surface area contributed by atoms with E-state index in [2.05, 4.69) is 86.1 Å². The third kappa shape index (κ3) is 2.65. The number of rotatable bonds is 3. The van der Waals surface area contributed by atoms with E-state index < -0.39 is 0 Å². The lowest BCUT2D eigenvalue weighted by Gasteiger charge is -2.57. The maximum absolute atomic E-state index is 2.71. The normalized spacial score (nSPS) is 32.7. The van der Waals surface area contributed by atoms with Crippen molar-refractivity contribution in [1.82, 2.24) is 4.57 Å². The first-order valence-electron chi connectivity index (χ1n) is 14.0. The second kappa shape index (κ2) is 6.81. The summed E-state index contributed by atoms with van der Waals surface area (Å²) in [5.74, 6) is 3.42. The van der Waals surface area contributed by atoms with Crippen molar-refractivity contribution in [3.05, 3.63) is 83.0 Å². The molecule has 1 heteroatoms. The van der Waals surface area contributed by atoms with E-state index in [9.17, 15) is 0 Å². The van der Waals surface area contributed by atoms with Crippen LogP contribution in [0.2, 0.25) is 0 Å². The highest BCUT2D eigenvalue weighted by Crippen LogP contribution is 2.65. The van der Waals surface area contributed by atoms with Gasteiger partial charge in [-0.3, -0.25) is 0 Å². The van der Waals surface area contributed by atoms with Crippen LogP contribution < -0.4 is 0 Å². The van der Waals surface area contributed by atoms with Gasteiger partial charge in [0.25, 0.3) is 0 Å². The monoisotopic (exact) mass is 459 g/mol. The van der Waals surface area contributed by atoms with Gasteiger partial charge in [-0.05, 0) is 96.3 Å². The zero-order valence-electron chi connectivity index (χ0n) is 21.5. The lowest BCUT2D eigenvalue weighted by atomic mass is 9.48. The minimum atomic E-state index is 0.0754. The maximum Gasteiger partial charge on any atom is 0.0530 e. The van der Waals surface area contributed by atoms with Crippen LogP contribution in [-0.2, 0) is 7.05 Å². The molecule has 178 valence electrons. The zero-order chi connectivity index (χ0) is 23.5. The van der Waals surface area contributed by atoms with Gasteiger partial charge in [-0.15, -0.1) is 0 Å². The number of allylic oxidation sites excluding steroid dienone is 4. The zero-order valence-corrected chi connectivity index (χ0v) is 21.5. The number of benzene rings is 2. The van der Waals surface area contributed by atoms with Gasteiger partial charge in [-0.25, -0.2) is 0 Å². The molecule has 1 unspecified atom stereocenters. The van der Waals surface area contributed by atoms with Gasteiger partial charge in [0.05, 0.1) is 5.69 Å². The van der Waals surface area contributed by atoms with Gasteiger partial charge < -0.3 is 4.57 Å². The lowest BCUT2D eigenvalue weighted by Crippen LogP contribution is -2.46. The summed E-state index contributed by atoms with van der Waals surface area (Å²) in [7, 11) is 2.26. The molecule has 1 aromatic heterocycles. The summed E-state index contributed by atoms with van der Waals surface area (Å²) in [6.45, 7) is 5.07. The second-order valence-electron chi connectivity index (χ2n) is 13.3. The van der Waals surface area contributed by atoms with E-state index in [1.807, 2.05) is 0 Å². The molecule has 35 heavy (non-hydrogen) atoms. The topological polar surface area (TPSA) is 4.93 Å². The van der Waals surface area contributed by atoms with Crippen molar-refractivity contribution in [3.8, 4) is 11.3 Å². The Hall–Kier alpha value is -2.54. The predicted molar refractivity (Wildman–Crippen MR) is 145 cm³/mol. The van der Waals surface area contributed by atoms with Crippen LogP contribution in [0.3, 0.4) is 0 Å². The largest absolute Gasteiger partial charge is 0.343 e. The maximum atomic E-state index is 2.71. The molecule has 0 radical (unpaired) electrons. The molecule has 0 N–H and O–H groups in total. The lowest BCUT2D eigenvalue weighted by molar-refractivity contribution is -0.0284. The minimum absolute atomic E-state index is 0.0754. The van der Waals surface area contributed by atoms with Gasteiger partial charge in [-0.2, -0.15) is 0 Å². The molecule has 0 aliphatic heterocycles. The summed E-state index contributed by atoms with van der Waals surface area (Å²) in [6, 6.07) is 18.3. The molecular formula is C34H37N. The molecule has 6 aliphatic rings. The van der Waals surface area contributed by atoms with Gasteiger partial charge in [-0.1, -0.05) is 74.0 Å². The summed E-state index contributed by atoms with van der Waals surface area (Å²) < 4.78 is 2.45. The van der Waals surface area contributed by atoms with Gasteiger partial charge in [0, 0.05) is 29.4 Å². The first-order valence-corrected chi connectivity index (χ1v) is 14.0. The van der Waals surface area contributed by atoms with Crippen molar-refractivity contribution in [2.75, 3.05) is 0 Å². The Balaban J connectivity index is 1.24. The second-order valence-corrected chi connectivity index (χ2v) is 13.3. The van der Waals surface area contributed by atoms with Crippen molar-refractivity contribution in [2.24, 2.45) is 35.6 Å². The van der Waals surface area contributed by atoms with Crippen molar-refractivity contribution in [1.29, 1.82) is 0 Å². The number of fused-ring (bicyclic) bond motifs is 5. The number of para-hydroxylation sites is 1. The Morgan fingerprint density at radius 2 is 1.51 bits per heavy atom. The van der Waals surface area contributed by atoms with Crippen LogP contribution in [0.1, 0.15) is 75.8 Å². The minimum Gasteiger partial charge on any atom is -0.343 e. The predicted octanol–water partition coefficient (Wildman–Crippen LogP) is 8.79. The van der Waals surface area contributed by atoms with Crippen LogP contribution in [0.4, 0.5) is 0 Å².